The molecule has 1 aliphatic rings. The molecule has 1 aliphatic heterocycles. The Kier molecular flexibility index (Phi) is 2.66. The second-order valence-electron chi connectivity index (χ2n) is 3.92. The van der Waals surface area contributed by atoms with Gasteiger partial charge in [-0.1, -0.05) is 5.10 Å². The van der Waals surface area contributed by atoms with Gasteiger partial charge in [-0.2, -0.15) is 0 Å². The maximum absolute atomic E-state index is 11.5. The number of carbonyl (C=O) groups excluding carboxylic acids is 1. The number of tetrazole rings is 1. The third-order valence-electron chi connectivity index (χ3n) is 2.83. The average molecular weight is 209 g/mol. The predicted octanol–water partition coefficient (Wildman–Crippen LogP) is 0.158. The van der Waals surface area contributed by atoms with Gasteiger partial charge in [-0.3, -0.25) is 4.79 Å². The number of piperidine rings is 1. The highest BCUT2D eigenvalue weighted by Gasteiger charge is 2.28. The van der Waals surface area contributed by atoms with Crippen molar-refractivity contribution in [1.29, 1.82) is 0 Å². The normalized spacial score (nSPS) is 21.7. The number of hydrogen-bond donors (Lipinski definition) is 0. The number of anilines is 1. The van der Waals surface area contributed by atoms with Crippen LogP contribution in [0.2, 0.25) is 0 Å². The van der Waals surface area contributed by atoms with Crippen LogP contribution in [0, 0.1) is 0 Å². The summed E-state index contributed by atoms with van der Waals surface area (Å²) in [5.41, 5.74) is 0. The lowest BCUT2D eigenvalue weighted by atomic mass is 10.00. The fraction of sp³-hybridized carbons (Fsp3) is 0.778. The zero-order valence-corrected chi connectivity index (χ0v) is 9.05. The van der Waals surface area contributed by atoms with Gasteiger partial charge in [0, 0.05) is 13.6 Å². The number of aryl methyl sites for hydroxylation is 1. The SMILES string of the molecule is CC(=O)C1CCCCN1c1nnnn1C. The minimum Gasteiger partial charge on any atom is -0.330 e. The van der Waals surface area contributed by atoms with Gasteiger partial charge in [-0.05, 0) is 36.6 Å². The number of rotatable bonds is 2. The summed E-state index contributed by atoms with van der Waals surface area (Å²) < 4.78 is 1.61. The van der Waals surface area contributed by atoms with Crippen molar-refractivity contribution in [2.24, 2.45) is 7.05 Å². The van der Waals surface area contributed by atoms with Crippen LogP contribution in [0.25, 0.3) is 0 Å². The van der Waals surface area contributed by atoms with E-state index in [4.69, 9.17) is 0 Å². The van der Waals surface area contributed by atoms with Crippen molar-refractivity contribution in [3.05, 3.63) is 0 Å². The van der Waals surface area contributed by atoms with E-state index >= 15 is 0 Å². The molecule has 15 heavy (non-hydrogen) atoms. The van der Waals surface area contributed by atoms with E-state index in [0.717, 1.165) is 25.8 Å². The summed E-state index contributed by atoms with van der Waals surface area (Å²) in [6, 6.07) is -0.0524. The molecule has 0 bridgehead atoms. The number of Topliss-reactive ketones (excluding diaryl/α,β-unsaturated/α-hetero) is 1. The Labute approximate surface area is 88.2 Å². The van der Waals surface area contributed by atoms with Crippen molar-refractivity contribution < 1.29 is 4.79 Å². The van der Waals surface area contributed by atoms with Crippen molar-refractivity contribution in [1.82, 2.24) is 20.2 Å². The standard InChI is InChI=1S/C9H15N5O/c1-7(15)8-5-3-4-6-14(8)9-10-11-12-13(9)2/h8H,3-6H2,1-2H3. The van der Waals surface area contributed by atoms with Crippen LogP contribution in [-0.2, 0) is 11.8 Å². The molecule has 0 N–H and O–H groups in total. The van der Waals surface area contributed by atoms with Gasteiger partial charge in [-0.15, -0.1) is 0 Å². The van der Waals surface area contributed by atoms with E-state index in [1.54, 1.807) is 18.7 Å². The zero-order chi connectivity index (χ0) is 10.8. The van der Waals surface area contributed by atoms with Crippen LogP contribution >= 0.6 is 0 Å². The largest absolute Gasteiger partial charge is 0.330 e. The highest BCUT2D eigenvalue weighted by molar-refractivity contribution is 5.84. The Morgan fingerprint density at radius 3 is 2.87 bits per heavy atom. The van der Waals surface area contributed by atoms with Crippen molar-refractivity contribution in [3.8, 4) is 0 Å². The number of ketones is 1. The maximum atomic E-state index is 11.5. The molecule has 1 aromatic rings. The summed E-state index contributed by atoms with van der Waals surface area (Å²) in [6.45, 7) is 2.49. The Hall–Kier alpha value is -1.46. The first kappa shape index (κ1) is 10.1. The summed E-state index contributed by atoms with van der Waals surface area (Å²) in [5.74, 6) is 0.882. The van der Waals surface area contributed by atoms with E-state index in [9.17, 15) is 4.79 Å². The van der Waals surface area contributed by atoms with Gasteiger partial charge in [0.2, 0.25) is 5.95 Å². The molecule has 0 saturated carbocycles. The molecule has 2 rings (SSSR count). The number of nitrogens with zero attached hydrogens (tertiary/aromatic N) is 5. The minimum absolute atomic E-state index is 0.0524. The molecule has 0 aromatic carbocycles. The molecular weight excluding hydrogens is 194 g/mol. The smallest absolute Gasteiger partial charge is 0.245 e. The van der Waals surface area contributed by atoms with Crippen molar-refractivity contribution in [2.75, 3.05) is 11.4 Å². The highest BCUT2D eigenvalue weighted by Crippen LogP contribution is 2.22. The molecule has 6 heteroatoms. The molecule has 2 heterocycles. The van der Waals surface area contributed by atoms with E-state index in [0.29, 0.717) is 5.95 Å². The van der Waals surface area contributed by atoms with Gasteiger partial charge >= 0.3 is 0 Å². The number of carbonyl (C=O) groups is 1. The van der Waals surface area contributed by atoms with Crippen LogP contribution in [0.15, 0.2) is 0 Å². The van der Waals surface area contributed by atoms with Gasteiger partial charge in [0.15, 0.2) is 5.78 Å². The van der Waals surface area contributed by atoms with Crippen molar-refractivity contribution in [3.63, 3.8) is 0 Å². The van der Waals surface area contributed by atoms with Crippen LogP contribution in [0.5, 0.6) is 0 Å². The Morgan fingerprint density at radius 1 is 1.47 bits per heavy atom. The fourth-order valence-corrected chi connectivity index (χ4v) is 2.06. The Bertz CT molecular complexity index is 361. The molecular formula is C9H15N5O. The lowest BCUT2D eigenvalue weighted by Crippen LogP contribution is -2.45. The van der Waals surface area contributed by atoms with E-state index in [2.05, 4.69) is 15.5 Å². The third kappa shape index (κ3) is 1.84. The van der Waals surface area contributed by atoms with Gasteiger partial charge in [-0.25, -0.2) is 4.68 Å². The van der Waals surface area contributed by atoms with Gasteiger partial charge in [0.25, 0.3) is 0 Å². The van der Waals surface area contributed by atoms with E-state index in [-0.39, 0.29) is 11.8 Å². The summed E-state index contributed by atoms with van der Waals surface area (Å²) in [5, 5.41) is 11.3. The van der Waals surface area contributed by atoms with Crippen LogP contribution in [0.3, 0.4) is 0 Å². The minimum atomic E-state index is -0.0524. The molecule has 1 fully saturated rings. The second kappa shape index (κ2) is 3.96. The predicted molar refractivity (Wildman–Crippen MR) is 54.5 cm³/mol. The lowest BCUT2D eigenvalue weighted by molar-refractivity contribution is -0.118. The molecule has 0 radical (unpaired) electrons. The van der Waals surface area contributed by atoms with Crippen molar-refractivity contribution in [2.45, 2.75) is 32.2 Å². The molecule has 1 atom stereocenters. The third-order valence-corrected chi connectivity index (χ3v) is 2.83. The average Bonchev–Trinajstić information content (AvgIpc) is 2.64. The van der Waals surface area contributed by atoms with Crippen LogP contribution in [-0.4, -0.2) is 38.6 Å². The molecule has 0 aliphatic carbocycles. The second-order valence-corrected chi connectivity index (χ2v) is 3.92. The first-order valence-corrected chi connectivity index (χ1v) is 5.19. The van der Waals surface area contributed by atoms with Gasteiger partial charge < -0.3 is 4.90 Å². The fourth-order valence-electron chi connectivity index (χ4n) is 2.06. The molecule has 0 spiro atoms. The molecule has 82 valence electrons. The van der Waals surface area contributed by atoms with E-state index < -0.39 is 0 Å². The number of hydrogen-bond acceptors (Lipinski definition) is 5. The summed E-state index contributed by atoms with van der Waals surface area (Å²) >= 11 is 0. The molecule has 6 nitrogen and oxygen atoms in total. The summed E-state index contributed by atoms with van der Waals surface area (Å²) in [6.07, 6.45) is 3.10. The monoisotopic (exact) mass is 209 g/mol. The lowest BCUT2D eigenvalue weighted by Gasteiger charge is -2.33. The first-order chi connectivity index (χ1) is 7.20. The topological polar surface area (TPSA) is 63.9 Å². The van der Waals surface area contributed by atoms with Crippen LogP contribution < -0.4 is 4.90 Å². The van der Waals surface area contributed by atoms with Gasteiger partial charge in [0.05, 0.1) is 6.04 Å². The zero-order valence-electron chi connectivity index (χ0n) is 9.05. The highest BCUT2D eigenvalue weighted by atomic mass is 16.1. The van der Waals surface area contributed by atoms with E-state index in [1.165, 1.54) is 0 Å². The first-order valence-electron chi connectivity index (χ1n) is 5.19. The van der Waals surface area contributed by atoms with E-state index in [1.807, 2.05) is 4.90 Å². The van der Waals surface area contributed by atoms with Crippen LogP contribution in [0.1, 0.15) is 26.2 Å². The van der Waals surface area contributed by atoms with Gasteiger partial charge in [0.1, 0.15) is 0 Å². The van der Waals surface area contributed by atoms with Crippen molar-refractivity contribution >= 4 is 11.7 Å². The summed E-state index contributed by atoms with van der Waals surface area (Å²) in [4.78, 5) is 13.5. The molecule has 1 saturated heterocycles. The Morgan fingerprint density at radius 2 is 2.27 bits per heavy atom. The Balaban J connectivity index is 2.25. The summed E-state index contributed by atoms with van der Waals surface area (Å²) in [7, 11) is 1.79. The number of aromatic nitrogens is 4. The maximum Gasteiger partial charge on any atom is 0.245 e. The molecule has 0 amide bonds. The quantitative estimate of drug-likeness (QED) is 0.694. The molecule has 1 aromatic heterocycles. The molecule has 1 unspecified atom stereocenters. The van der Waals surface area contributed by atoms with Crippen LogP contribution in [0.4, 0.5) is 5.95 Å².